The van der Waals surface area contributed by atoms with Gasteiger partial charge in [-0.25, -0.2) is 19.4 Å². The van der Waals surface area contributed by atoms with Crippen molar-refractivity contribution in [3.8, 4) is 5.82 Å². The molecule has 13 nitrogen and oxygen atoms in total. The van der Waals surface area contributed by atoms with E-state index >= 15 is 0 Å². The summed E-state index contributed by atoms with van der Waals surface area (Å²) in [5, 5.41) is 33.6. The zero-order valence-corrected chi connectivity index (χ0v) is 36.6. The van der Waals surface area contributed by atoms with E-state index in [1.54, 1.807) is 23.9 Å². The highest BCUT2D eigenvalue weighted by Gasteiger charge is 2.43. The number of alkyl halides is 6. The number of nitrogens with one attached hydrogen (secondary N) is 2. The molecule has 1 aliphatic heterocycles. The Morgan fingerprint density at radius 1 is 0.812 bits per heavy atom. The molecule has 4 aromatic rings. The molecule has 6 rings (SSSR count). The first-order valence-corrected chi connectivity index (χ1v) is 20.6. The second-order valence-corrected chi connectivity index (χ2v) is 18.0. The molecule has 1 saturated carbocycles. The smallest absolute Gasteiger partial charge is 0.417 e. The number of aromatic nitrogens is 4. The Hall–Kier alpha value is -6.11. The van der Waals surface area contributed by atoms with Crippen molar-refractivity contribution in [3.05, 3.63) is 107 Å². The van der Waals surface area contributed by atoms with E-state index in [0.717, 1.165) is 67.2 Å². The Morgan fingerprint density at radius 3 is 1.88 bits per heavy atom. The molecule has 64 heavy (non-hydrogen) atoms. The quantitative estimate of drug-likeness (QED) is 0.0845. The molecule has 0 bridgehead atoms. The van der Waals surface area contributed by atoms with E-state index in [1.165, 1.54) is 24.8 Å². The summed E-state index contributed by atoms with van der Waals surface area (Å²) in [6.45, 7) is 11.7. The average molecular weight is 900 g/mol. The third-order valence-corrected chi connectivity index (χ3v) is 10.7. The van der Waals surface area contributed by atoms with Gasteiger partial charge in [-0.3, -0.25) is 9.59 Å². The molecule has 2 aliphatic rings. The predicted octanol–water partition coefficient (Wildman–Crippen LogP) is 9.94. The Bertz CT molecular complexity index is 2360. The van der Waals surface area contributed by atoms with Crippen LogP contribution in [0.15, 0.2) is 84.0 Å². The maximum Gasteiger partial charge on any atom is 0.417 e. The number of carboxylic acids is 2. The molecule has 4 heterocycles. The maximum absolute atomic E-state index is 13.1. The Labute approximate surface area is 366 Å². The van der Waals surface area contributed by atoms with Crippen molar-refractivity contribution < 1.29 is 50.9 Å². The minimum absolute atomic E-state index is 0.0293. The van der Waals surface area contributed by atoms with Crippen molar-refractivity contribution in [3.63, 3.8) is 0 Å². The lowest BCUT2D eigenvalue weighted by molar-refractivity contribution is -0.138. The lowest BCUT2D eigenvalue weighted by Crippen LogP contribution is -2.32. The fraction of sp³-hybridized carbons (Fsp3) is 0.444. The Balaban J connectivity index is 0.000000283. The predicted molar refractivity (Wildman–Crippen MR) is 229 cm³/mol. The molecule has 0 spiro atoms. The van der Waals surface area contributed by atoms with Crippen LogP contribution in [0.1, 0.15) is 119 Å². The van der Waals surface area contributed by atoms with Crippen LogP contribution in [-0.2, 0) is 27.4 Å². The molecule has 2 unspecified atom stereocenters. The van der Waals surface area contributed by atoms with Crippen molar-refractivity contribution >= 4 is 35.1 Å². The van der Waals surface area contributed by atoms with Gasteiger partial charge < -0.3 is 20.8 Å². The lowest BCUT2D eigenvalue weighted by Gasteiger charge is -2.33. The number of nitrogens with zero attached hydrogens (tertiary/aromatic N) is 6. The molecule has 1 aromatic carbocycles. The van der Waals surface area contributed by atoms with Crippen LogP contribution >= 0.6 is 0 Å². The summed E-state index contributed by atoms with van der Waals surface area (Å²) in [6, 6.07) is 11.3. The summed E-state index contributed by atoms with van der Waals surface area (Å²) in [7, 11) is 1.57. The summed E-state index contributed by atoms with van der Waals surface area (Å²) in [6.07, 6.45) is 1.13. The molecule has 4 N–H and O–H groups in total. The summed E-state index contributed by atoms with van der Waals surface area (Å²) in [5.41, 5.74) is 0.870. The number of amides is 1. The number of carboxylic acid groups (broad SMARTS) is 2. The first kappa shape index (κ1) is 48.9. The molecule has 1 aliphatic carbocycles. The van der Waals surface area contributed by atoms with Crippen LogP contribution in [0.25, 0.3) is 5.82 Å². The Kier molecular flexibility index (Phi) is 14.5. The van der Waals surface area contributed by atoms with E-state index in [2.05, 4.69) is 46.5 Å². The third-order valence-electron chi connectivity index (χ3n) is 10.7. The average Bonchev–Trinajstić information content (AvgIpc) is 3.84. The van der Waals surface area contributed by atoms with E-state index in [-0.39, 0.29) is 46.3 Å². The van der Waals surface area contributed by atoms with Crippen molar-refractivity contribution in [2.45, 2.75) is 104 Å². The van der Waals surface area contributed by atoms with Crippen LogP contribution < -0.4 is 15.2 Å². The first-order valence-electron chi connectivity index (χ1n) is 20.6. The molecule has 0 radical (unpaired) electrons. The maximum atomic E-state index is 13.1. The van der Waals surface area contributed by atoms with Gasteiger partial charge in [0.25, 0.3) is 11.7 Å². The minimum Gasteiger partial charge on any atom is -0.481 e. The van der Waals surface area contributed by atoms with E-state index in [0.29, 0.717) is 23.0 Å². The van der Waals surface area contributed by atoms with Crippen molar-refractivity contribution in [1.29, 1.82) is 0 Å². The molecule has 3 aromatic heterocycles. The molecule has 344 valence electrons. The minimum atomic E-state index is -4.48. The summed E-state index contributed by atoms with van der Waals surface area (Å²) in [5.74, 6) is -1.64. The van der Waals surface area contributed by atoms with Crippen LogP contribution in [-0.4, -0.2) is 67.1 Å². The number of pyridine rings is 2. The van der Waals surface area contributed by atoms with Crippen molar-refractivity contribution in [1.82, 2.24) is 29.7 Å². The topological polar surface area (TPSA) is 172 Å². The molecular formula is C45H53F6N8O5+. The van der Waals surface area contributed by atoms with Gasteiger partial charge in [-0.15, -0.1) is 4.59 Å². The fourth-order valence-corrected chi connectivity index (χ4v) is 7.46. The second kappa shape index (κ2) is 18.9. The van der Waals surface area contributed by atoms with Crippen LogP contribution in [0.5, 0.6) is 0 Å². The largest absolute Gasteiger partial charge is 0.481 e. The van der Waals surface area contributed by atoms with Gasteiger partial charge in [0.05, 0.1) is 29.3 Å². The number of hydrogen-bond acceptors (Lipinski definition) is 8. The lowest BCUT2D eigenvalue weighted by atomic mass is 9.78. The highest BCUT2D eigenvalue weighted by atomic mass is 19.4. The van der Waals surface area contributed by atoms with Crippen molar-refractivity contribution in [2.24, 2.45) is 16.4 Å². The number of halogens is 6. The highest BCUT2D eigenvalue weighted by molar-refractivity contribution is 6.22. The number of carbonyl (C=O) groups is 3. The molecule has 0 saturated heterocycles. The molecular weight excluding hydrogens is 847 g/mol. The summed E-state index contributed by atoms with van der Waals surface area (Å²) in [4.78, 5) is 42.4. The summed E-state index contributed by atoms with van der Waals surface area (Å²) < 4.78 is 78.4. The van der Waals surface area contributed by atoms with Gasteiger partial charge >= 0.3 is 24.3 Å². The molecule has 2 atom stereocenters. The number of anilines is 1. The van der Waals surface area contributed by atoms with Crippen LogP contribution in [0.2, 0.25) is 0 Å². The molecule has 1 amide bonds. The summed E-state index contributed by atoms with van der Waals surface area (Å²) >= 11 is 0. The highest BCUT2D eigenvalue weighted by Crippen LogP contribution is 2.41. The van der Waals surface area contributed by atoms with Gasteiger partial charge in [-0.05, 0) is 61.2 Å². The van der Waals surface area contributed by atoms with Gasteiger partial charge in [-0.2, -0.15) is 31.4 Å². The monoisotopic (exact) mass is 899 g/mol. The SMILES string of the molecule is CC(C)(C)C1=N[N+](C)(c2ccc(C(F)(F)F)cn2)C=C1C(=O)O.CC(C)(C)c1nn(-c2ccc(C(F)(F)F)cn2)cc1C(Nc1ccc(C(=O)NCCC(=O)O)cc1)C1CCCCC1. The standard InChI is InChI=1S/C30H36F3N5O3.C15H16F3N3O2/c1-29(2,3)27-23(18-38(37-27)24-14-11-21(17-35-24)30(31,32)33)26(19-7-5-4-6-8-19)36-22-12-9-20(10-13-22)28(41)34-16-15-25(39)40;1-14(2,3)12-10(13(22)23)8-21(4,20-12)11-6-5-9(7-19-11)15(16,17)18/h9-14,17-19,26,36H,4-8,15-16H2,1-3H3,(H,34,41)(H,39,40);5-8H,1-4H3/p+1. The first-order chi connectivity index (χ1) is 29.7. The van der Waals surface area contributed by atoms with E-state index < -0.39 is 40.8 Å². The Morgan fingerprint density at radius 2 is 1.41 bits per heavy atom. The van der Waals surface area contributed by atoms with Crippen LogP contribution in [0.3, 0.4) is 0 Å². The van der Waals surface area contributed by atoms with Gasteiger partial charge in [0.2, 0.25) is 0 Å². The van der Waals surface area contributed by atoms with E-state index in [1.807, 2.05) is 39.1 Å². The number of carbonyl (C=O) groups excluding carboxylic acids is 1. The van der Waals surface area contributed by atoms with Crippen molar-refractivity contribution in [2.75, 3.05) is 18.9 Å². The molecule has 1 fully saturated rings. The van der Waals surface area contributed by atoms with E-state index in [4.69, 9.17) is 10.2 Å². The number of rotatable bonds is 11. The van der Waals surface area contributed by atoms with Crippen LogP contribution in [0, 0.1) is 11.3 Å². The molecule has 19 heteroatoms. The van der Waals surface area contributed by atoms with Gasteiger partial charge in [0, 0.05) is 58.8 Å². The van der Waals surface area contributed by atoms with E-state index in [9.17, 15) is 45.8 Å². The van der Waals surface area contributed by atoms with Gasteiger partial charge in [0.1, 0.15) is 24.5 Å². The zero-order chi connectivity index (χ0) is 47.4. The second-order valence-electron chi connectivity index (χ2n) is 18.0. The zero-order valence-electron chi connectivity index (χ0n) is 36.6. The number of benzene rings is 1. The number of aliphatic carboxylic acids is 2. The normalized spacial score (nSPS) is 17.7. The number of quaternary nitrogens is 1. The van der Waals surface area contributed by atoms with Gasteiger partial charge in [0.15, 0.2) is 5.82 Å². The van der Waals surface area contributed by atoms with Gasteiger partial charge in [-0.1, -0.05) is 65.9 Å². The number of hydrogen-bond donors (Lipinski definition) is 4. The third kappa shape index (κ3) is 12.1. The fourth-order valence-electron chi connectivity index (χ4n) is 7.46. The van der Waals surface area contributed by atoms with Crippen LogP contribution in [0.4, 0.5) is 37.8 Å².